The van der Waals surface area contributed by atoms with E-state index in [1.54, 1.807) is 30.3 Å². The van der Waals surface area contributed by atoms with Crippen molar-refractivity contribution < 1.29 is 9.15 Å². The van der Waals surface area contributed by atoms with E-state index in [0.717, 1.165) is 21.7 Å². The summed E-state index contributed by atoms with van der Waals surface area (Å²) in [5.74, 6) is 0.584. The zero-order valence-corrected chi connectivity index (χ0v) is 13.2. The second kappa shape index (κ2) is 6.14. The number of fused-ring (bicyclic) bond motifs is 3. The summed E-state index contributed by atoms with van der Waals surface area (Å²) in [4.78, 5) is 11.9. The van der Waals surface area contributed by atoms with Gasteiger partial charge in [0.05, 0.1) is 11.6 Å². The molecule has 0 N–H and O–H groups in total. The van der Waals surface area contributed by atoms with Gasteiger partial charge in [0.15, 0.2) is 0 Å². The molecule has 0 saturated carbocycles. The van der Waals surface area contributed by atoms with E-state index in [9.17, 15) is 4.79 Å². The van der Waals surface area contributed by atoms with Crippen LogP contribution in [0.5, 0.6) is 5.75 Å². The minimum Gasteiger partial charge on any atom is -0.489 e. The third kappa shape index (κ3) is 2.84. The topological polar surface area (TPSA) is 63.2 Å². The Bertz CT molecular complexity index is 1190. The van der Waals surface area contributed by atoms with E-state index in [2.05, 4.69) is 6.07 Å². The summed E-state index contributed by atoms with van der Waals surface area (Å²) in [6.45, 7) is 0.213. The third-order valence-corrected chi connectivity index (χ3v) is 4.07. The first-order valence-corrected chi connectivity index (χ1v) is 7.82. The monoisotopic (exact) mass is 327 g/mol. The fraction of sp³-hybridized carbons (Fsp3) is 0.0476. The highest BCUT2D eigenvalue weighted by Crippen LogP contribution is 2.28. The van der Waals surface area contributed by atoms with Crippen LogP contribution in [0.3, 0.4) is 0 Å². The van der Waals surface area contributed by atoms with Crippen molar-refractivity contribution in [2.75, 3.05) is 0 Å². The van der Waals surface area contributed by atoms with Crippen LogP contribution in [0, 0.1) is 11.3 Å². The van der Waals surface area contributed by atoms with Gasteiger partial charge in [-0.1, -0.05) is 36.4 Å². The number of rotatable bonds is 3. The number of nitriles is 1. The zero-order chi connectivity index (χ0) is 17.2. The molecule has 0 spiro atoms. The Kier molecular flexibility index (Phi) is 3.68. The number of hydrogen-bond donors (Lipinski definition) is 0. The Hall–Kier alpha value is -3.58. The fourth-order valence-corrected chi connectivity index (χ4v) is 2.95. The molecule has 3 aromatic carbocycles. The number of nitrogens with zero attached hydrogens (tertiary/aromatic N) is 1. The van der Waals surface area contributed by atoms with Crippen LogP contribution < -0.4 is 10.4 Å². The van der Waals surface area contributed by atoms with Crippen molar-refractivity contribution in [3.05, 3.63) is 88.3 Å². The Morgan fingerprint density at radius 2 is 1.88 bits per heavy atom. The first kappa shape index (κ1) is 15.0. The molecule has 1 aromatic heterocycles. The molecule has 0 saturated heterocycles. The summed E-state index contributed by atoms with van der Waals surface area (Å²) >= 11 is 0. The van der Waals surface area contributed by atoms with Gasteiger partial charge in [-0.2, -0.15) is 5.26 Å². The molecule has 0 bridgehead atoms. The molecule has 120 valence electrons. The number of ether oxygens (including phenoxy) is 1. The lowest BCUT2D eigenvalue weighted by Gasteiger charge is -2.10. The minimum atomic E-state index is -0.410. The van der Waals surface area contributed by atoms with Crippen LogP contribution in [0.25, 0.3) is 21.7 Å². The molecule has 0 aliphatic heterocycles. The molecule has 0 fully saturated rings. The van der Waals surface area contributed by atoms with Crippen LogP contribution in [0.15, 0.2) is 75.9 Å². The van der Waals surface area contributed by atoms with Gasteiger partial charge in [0.1, 0.15) is 17.9 Å². The summed E-state index contributed by atoms with van der Waals surface area (Å²) < 4.78 is 11.2. The van der Waals surface area contributed by atoms with Gasteiger partial charge < -0.3 is 9.15 Å². The van der Waals surface area contributed by atoms with Crippen LogP contribution in [0.1, 0.15) is 11.1 Å². The van der Waals surface area contributed by atoms with Crippen molar-refractivity contribution in [1.29, 1.82) is 5.26 Å². The molecular formula is C21H13NO3. The molecule has 0 unspecified atom stereocenters. The SMILES string of the molecule is N#Cc1cccc(OCc2cc(=O)oc3ccc4ccccc4c23)c1. The van der Waals surface area contributed by atoms with Gasteiger partial charge in [-0.3, -0.25) is 0 Å². The van der Waals surface area contributed by atoms with Gasteiger partial charge in [0, 0.05) is 17.0 Å². The smallest absolute Gasteiger partial charge is 0.336 e. The highest BCUT2D eigenvalue weighted by atomic mass is 16.5. The normalized spacial score (nSPS) is 10.7. The van der Waals surface area contributed by atoms with Crippen LogP contribution in [0.4, 0.5) is 0 Å². The summed E-state index contributed by atoms with van der Waals surface area (Å²) in [6, 6.07) is 22.2. The quantitative estimate of drug-likeness (QED) is 0.413. The van der Waals surface area contributed by atoms with E-state index in [1.165, 1.54) is 6.07 Å². The molecule has 4 heteroatoms. The lowest BCUT2D eigenvalue weighted by Crippen LogP contribution is -2.04. The Morgan fingerprint density at radius 3 is 2.76 bits per heavy atom. The van der Waals surface area contributed by atoms with E-state index in [1.807, 2.05) is 30.3 Å². The molecule has 0 amide bonds. The molecule has 0 atom stereocenters. The van der Waals surface area contributed by atoms with Gasteiger partial charge in [-0.05, 0) is 35.0 Å². The van der Waals surface area contributed by atoms with Gasteiger partial charge in [-0.25, -0.2) is 4.79 Å². The molecule has 0 aliphatic carbocycles. The van der Waals surface area contributed by atoms with Crippen molar-refractivity contribution in [1.82, 2.24) is 0 Å². The van der Waals surface area contributed by atoms with Crippen molar-refractivity contribution >= 4 is 21.7 Å². The van der Waals surface area contributed by atoms with E-state index < -0.39 is 5.63 Å². The third-order valence-electron chi connectivity index (χ3n) is 4.07. The second-order valence-corrected chi connectivity index (χ2v) is 5.68. The highest BCUT2D eigenvalue weighted by molar-refractivity contribution is 6.06. The van der Waals surface area contributed by atoms with Gasteiger partial charge in [-0.15, -0.1) is 0 Å². The van der Waals surface area contributed by atoms with Gasteiger partial charge in [0.25, 0.3) is 0 Å². The second-order valence-electron chi connectivity index (χ2n) is 5.68. The van der Waals surface area contributed by atoms with Crippen molar-refractivity contribution in [2.24, 2.45) is 0 Å². The molecule has 4 rings (SSSR count). The number of hydrogen-bond acceptors (Lipinski definition) is 4. The predicted octanol–water partition coefficient (Wildman–Crippen LogP) is 4.40. The largest absolute Gasteiger partial charge is 0.489 e. The summed E-state index contributed by atoms with van der Waals surface area (Å²) in [5, 5.41) is 11.9. The molecular weight excluding hydrogens is 314 g/mol. The molecule has 0 aliphatic rings. The average molecular weight is 327 g/mol. The molecule has 0 radical (unpaired) electrons. The number of benzene rings is 3. The maximum Gasteiger partial charge on any atom is 0.336 e. The maximum absolute atomic E-state index is 11.9. The van der Waals surface area contributed by atoms with Crippen LogP contribution in [-0.2, 0) is 6.61 Å². The fourth-order valence-electron chi connectivity index (χ4n) is 2.95. The lowest BCUT2D eigenvalue weighted by molar-refractivity contribution is 0.306. The van der Waals surface area contributed by atoms with Crippen LogP contribution in [-0.4, -0.2) is 0 Å². The maximum atomic E-state index is 11.9. The Balaban J connectivity index is 1.81. The minimum absolute atomic E-state index is 0.213. The van der Waals surface area contributed by atoms with E-state index in [4.69, 9.17) is 14.4 Å². The summed E-state index contributed by atoms with van der Waals surface area (Å²) in [7, 11) is 0. The van der Waals surface area contributed by atoms with E-state index in [-0.39, 0.29) is 6.61 Å². The molecule has 4 nitrogen and oxygen atoms in total. The van der Waals surface area contributed by atoms with Crippen molar-refractivity contribution in [3.63, 3.8) is 0 Å². The van der Waals surface area contributed by atoms with Crippen molar-refractivity contribution in [3.8, 4) is 11.8 Å². The first-order valence-electron chi connectivity index (χ1n) is 7.82. The first-order chi connectivity index (χ1) is 12.2. The van der Waals surface area contributed by atoms with Crippen molar-refractivity contribution in [2.45, 2.75) is 6.61 Å². The lowest BCUT2D eigenvalue weighted by atomic mass is 10.0. The van der Waals surface area contributed by atoms with Crippen LogP contribution in [0.2, 0.25) is 0 Å². The highest BCUT2D eigenvalue weighted by Gasteiger charge is 2.10. The van der Waals surface area contributed by atoms with E-state index >= 15 is 0 Å². The Labute approximate surface area is 143 Å². The zero-order valence-electron chi connectivity index (χ0n) is 13.2. The Morgan fingerprint density at radius 1 is 1.00 bits per heavy atom. The summed E-state index contributed by atoms with van der Waals surface area (Å²) in [5.41, 5.74) is 1.41. The predicted molar refractivity (Wildman–Crippen MR) is 95.5 cm³/mol. The average Bonchev–Trinajstić information content (AvgIpc) is 2.65. The van der Waals surface area contributed by atoms with Crippen LogP contribution >= 0.6 is 0 Å². The molecule has 25 heavy (non-hydrogen) atoms. The molecule has 1 heterocycles. The van der Waals surface area contributed by atoms with Gasteiger partial charge >= 0.3 is 5.63 Å². The van der Waals surface area contributed by atoms with Gasteiger partial charge in [0.2, 0.25) is 0 Å². The van der Waals surface area contributed by atoms with E-state index in [0.29, 0.717) is 16.9 Å². The summed E-state index contributed by atoms with van der Waals surface area (Å²) in [6.07, 6.45) is 0. The molecule has 4 aromatic rings. The standard InChI is InChI=1S/C21H13NO3/c22-12-14-4-3-6-17(10-14)24-13-16-11-20(23)25-19-9-8-15-5-1-2-7-18(15)21(16)19/h1-11H,13H2.